The summed E-state index contributed by atoms with van der Waals surface area (Å²) in [4.78, 5) is 39.4. The van der Waals surface area contributed by atoms with Crippen LogP contribution in [0.15, 0.2) is 53.6 Å². The maximum atomic E-state index is 12.8. The van der Waals surface area contributed by atoms with Crippen molar-refractivity contribution in [3.63, 3.8) is 0 Å². The van der Waals surface area contributed by atoms with Gasteiger partial charge in [0.05, 0.1) is 11.5 Å². The van der Waals surface area contributed by atoms with Gasteiger partial charge in [-0.1, -0.05) is 6.07 Å². The van der Waals surface area contributed by atoms with Crippen LogP contribution in [0.4, 0.5) is 5.69 Å². The highest BCUT2D eigenvalue weighted by Gasteiger charge is 2.30. The van der Waals surface area contributed by atoms with Gasteiger partial charge in [0.15, 0.2) is 5.82 Å². The summed E-state index contributed by atoms with van der Waals surface area (Å²) in [6.45, 7) is 0.349. The van der Waals surface area contributed by atoms with Crippen LogP contribution in [-0.2, 0) is 6.54 Å². The molecule has 10 heteroatoms. The number of hydrogen-bond acceptors (Lipinski definition) is 6. The molecule has 0 saturated heterocycles. The Balaban J connectivity index is 1.48. The van der Waals surface area contributed by atoms with E-state index in [4.69, 9.17) is 0 Å². The first kappa shape index (κ1) is 18.5. The molecule has 29 heavy (non-hydrogen) atoms. The number of benzene rings is 1. The van der Waals surface area contributed by atoms with Crippen LogP contribution in [-0.4, -0.2) is 36.7 Å². The molecule has 10 nitrogen and oxygen atoms in total. The molecule has 0 unspecified atom stereocenters. The SMILES string of the molecule is O=C(NCCn1nc(-c2cccnc2)n(C2CC2)c1=O)c1cccc([N+](=O)[O-])c1. The Labute approximate surface area is 165 Å². The van der Waals surface area contributed by atoms with Crippen molar-refractivity contribution in [2.45, 2.75) is 25.4 Å². The van der Waals surface area contributed by atoms with Crippen LogP contribution in [0, 0.1) is 10.1 Å². The summed E-state index contributed by atoms with van der Waals surface area (Å²) in [5.41, 5.74) is 0.566. The molecular weight excluding hydrogens is 376 g/mol. The smallest absolute Gasteiger partial charge is 0.346 e. The molecule has 1 fully saturated rings. The zero-order chi connectivity index (χ0) is 20.4. The lowest BCUT2D eigenvalue weighted by atomic mass is 10.2. The van der Waals surface area contributed by atoms with Gasteiger partial charge in [0, 0.05) is 48.2 Å². The minimum absolute atomic E-state index is 0.144. The van der Waals surface area contributed by atoms with Gasteiger partial charge in [-0.25, -0.2) is 9.48 Å². The van der Waals surface area contributed by atoms with Crippen LogP contribution in [0.5, 0.6) is 0 Å². The average Bonchev–Trinajstić information content (AvgIpc) is 3.52. The van der Waals surface area contributed by atoms with Gasteiger partial charge < -0.3 is 5.32 Å². The summed E-state index contributed by atoms with van der Waals surface area (Å²) in [7, 11) is 0. The van der Waals surface area contributed by atoms with Crippen LogP contribution in [0.1, 0.15) is 29.2 Å². The van der Waals surface area contributed by atoms with Crippen molar-refractivity contribution in [1.29, 1.82) is 0 Å². The van der Waals surface area contributed by atoms with Gasteiger partial charge in [0.2, 0.25) is 0 Å². The van der Waals surface area contributed by atoms with Crippen molar-refractivity contribution >= 4 is 11.6 Å². The molecule has 1 aromatic carbocycles. The molecule has 4 rings (SSSR count). The third-order valence-corrected chi connectivity index (χ3v) is 4.63. The monoisotopic (exact) mass is 394 g/mol. The second-order valence-electron chi connectivity index (χ2n) is 6.74. The van der Waals surface area contributed by atoms with E-state index in [-0.39, 0.29) is 36.1 Å². The van der Waals surface area contributed by atoms with Crippen LogP contribution in [0.3, 0.4) is 0 Å². The highest BCUT2D eigenvalue weighted by atomic mass is 16.6. The minimum atomic E-state index is -0.555. The highest BCUT2D eigenvalue weighted by molar-refractivity contribution is 5.94. The van der Waals surface area contributed by atoms with Crippen molar-refractivity contribution in [3.05, 3.63) is 75.0 Å². The summed E-state index contributed by atoms with van der Waals surface area (Å²) in [5.74, 6) is 0.117. The molecule has 1 aliphatic rings. The normalized spacial score (nSPS) is 13.2. The van der Waals surface area contributed by atoms with Crippen LogP contribution < -0.4 is 11.0 Å². The molecular formula is C19H18N6O4. The molecule has 2 heterocycles. The molecule has 0 aliphatic heterocycles. The molecule has 1 saturated carbocycles. The number of nitro benzene ring substituents is 1. The summed E-state index contributed by atoms with van der Waals surface area (Å²) in [6, 6.07) is 9.26. The average molecular weight is 394 g/mol. The number of amides is 1. The molecule has 1 aliphatic carbocycles. The van der Waals surface area contributed by atoms with Gasteiger partial charge in [0.25, 0.3) is 11.6 Å². The Kier molecular flexibility index (Phi) is 4.90. The molecule has 0 spiro atoms. The lowest BCUT2D eigenvalue weighted by Crippen LogP contribution is -2.32. The largest absolute Gasteiger partial charge is 0.350 e. The van der Waals surface area contributed by atoms with Gasteiger partial charge in [0.1, 0.15) is 0 Å². The van der Waals surface area contributed by atoms with E-state index in [2.05, 4.69) is 15.4 Å². The number of carbonyl (C=O) groups excluding carboxylic acids is 1. The molecule has 0 radical (unpaired) electrons. The Morgan fingerprint density at radius 3 is 2.79 bits per heavy atom. The molecule has 2 aromatic heterocycles. The summed E-state index contributed by atoms with van der Waals surface area (Å²) < 4.78 is 3.01. The molecule has 0 bridgehead atoms. The number of non-ortho nitro benzene ring substituents is 1. The van der Waals surface area contributed by atoms with Crippen molar-refractivity contribution < 1.29 is 9.72 Å². The summed E-state index contributed by atoms with van der Waals surface area (Å²) in [6.07, 6.45) is 5.18. The van der Waals surface area contributed by atoms with Crippen LogP contribution >= 0.6 is 0 Å². The number of pyridine rings is 1. The molecule has 148 valence electrons. The maximum absolute atomic E-state index is 12.8. The lowest BCUT2D eigenvalue weighted by molar-refractivity contribution is -0.384. The van der Waals surface area contributed by atoms with Gasteiger partial charge >= 0.3 is 5.69 Å². The zero-order valence-corrected chi connectivity index (χ0v) is 15.4. The van der Waals surface area contributed by atoms with Crippen molar-refractivity contribution in [1.82, 2.24) is 24.6 Å². The Morgan fingerprint density at radius 1 is 1.28 bits per heavy atom. The second kappa shape index (κ2) is 7.66. The fourth-order valence-electron chi connectivity index (χ4n) is 3.06. The first-order valence-corrected chi connectivity index (χ1v) is 9.17. The van der Waals surface area contributed by atoms with Crippen LogP contribution in [0.2, 0.25) is 0 Å². The minimum Gasteiger partial charge on any atom is -0.350 e. The van der Waals surface area contributed by atoms with Crippen molar-refractivity contribution in [2.75, 3.05) is 6.54 Å². The number of nitrogens with one attached hydrogen (secondary N) is 1. The molecule has 1 amide bonds. The van der Waals surface area contributed by atoms with E-state index < -0.39 is 10.8 Å². The Hall–Kier alpha value is -3.82. The third kappa shape index (κ3) is 3.91. The van der Waals surface area contributed by atoms with Crippen molar-refractivity contribution in [2.24, 2.45) is 0 Å². The van der Waals surface area contributed by atoms with E-state index in [9.17, 15) is 19.7 Å². The Bertz CT molecular complexity index is 1120. The Morgan fingerprint density at radius 2 is 2.10 bits per heavy atom. The number of rotatable bonds is 7. The molecule has 3 aromatic rings. The number of nitro groups is 1. The summed E-state index contributed by atoms with van der Waals surface area (Å²) >= 11 is 0. The number of nitrogens with zero attached hydrogens (tertiary/aromatic N) is 5. The third-order valence-electron chi connectivity index (χ3n) is 4.63. The fourth-order valence-corrected chi connectivity index (χ4v) is 3.06. The fraction of sp³-hybridized carbons (Fsp3) is 0.263. The van der Waals surface area contributed by atoms with E-state index in [1.165, 1.54) is 28.9 Å². The lowest BCUT2D eigenvalue weighted by Gasteiger charge is -2.05. The quantitative estimate of drug-likeness (QED) is 0.481. The number of hydrogen-bond donors (Lipinski definition) is 1. The summed E-state index contributed by atoms with van der Waals surface area (Å²) in [5, 5.41) is 18.0. The molecule has 0 atom stereocenters. The second-order valence-corrected chi connectivity index (χ2v) is 6.74. The van der Waals surface area contributed by atoms with Gasteiger partial charge in [-0.2, -0.15) is 0 Å². The number of carbonyl (C=O) groups is 1. The zero-order valence-electron chi connectivity index (χ0n) is 15.4. The molecule has 1 N–H and O–H groups in total. The van der Waals surface area contributed by atoms with E-state index in [1.807, 2.05) is 6.07 Å². The van der Waals surface area contributed by atoms with Crippen molar-refractivity contribution in [3.8, 4) is 11.4 Å². The first-order valence-electron chi connectivity index (χ1n) is 9.17. The van der Waals surface area contributed by atoms with Crippen LogP contribution in [0.25, 0.3) is 11.4 Å². The van der Waals surface area contributed by atoms with E-state index in [0.717, 1.165) is 18.4 Å². The maximum Gasteiger partial charge on any atom is 0.346 e. The topological polar surface area (TPSA) is 125 Å². The van der Waals surface area contributed by atoms with E-state index in [1.54, 1.807) is 23.0 Å². The van der Waals surface area contributed by atoms with Gasteiger partial charge in [-0.15, -0.1) is 5.10 Å². The van der Waals surface area contributed by atoms with E-state index in [0.29, 0.717) is 5.82 Å². The van der Waals surface area contributed by atoms with Gasteiger partial charge in [-0.3, -0.25) is 24.5 Å². The van der Waals surface area contributed by atoms with Gasteiger partial charge in [-0.05, 0) is 31.0 Å². The number of aromatic nitrogens is 4. The highest BCUT2D eigenvalue weighted by Crippen LogP contribution is 2.36. The first-order chi connectivity index (χ1) is 14.0. The predicted octanol–water partition coefficient (Wildman–Crippen LogP) is 1.78. The predicted molar refractivity (Wildman–Crippen MR) is 103 cm³/mol. The standard InChI is InChI=1S/C19H18N6O4/c26-18(13-3-1-5-16(11-13)25(28)29)21-9-10-23-19(27)24(15-6-7-15)17(22-23)14-4-2-8-20-12-14/h1-5,8,11-12,15H,6-7,9-10H2,(H,21,26). The van der Waals surface area contributed by atoms with E-state index >= 15 is 0 Å².